The molecule has 0 aliphatic heterocycles. The van der Waals surface area contributed by atoms with Gasteiger partial charge in [-0.05, 0) is 18.1 Å². The second kappa shape index (κ2) is 3.49. The van der Waals surface area contributed by atoms with E-state index >= 15 is 0 Å². The first kappa shape index (κ1) is 8.22. The van der Waals surface area contributed by atoms with E-state index in [4.69, 9.17) is 5.26 Å². The number of pyridine rings is 1. The molecule has 0 amide bonds. The molecule has 0 unspecified atom stereocenters. The molecule has 56 valence electrons. The Bertz CT molecular complexity index is 301. The SMILES string of the molecule is Cc1cc(CBr)cnc1C#N. The van der Waals surface area contributed by atoms with Crippen LogP contribution in [0.15, 0.2) is 12.3 Å². The van der Waals surface area contributed by atoms with Crippen molar-refractivity contribution in [1.82, 2.24) is 4.98 Å². The number of hydrogen-bond donors (Lipinski definition) is 0. The Balaban J connectivity index is 3.12. The van der Waals surface area contributed by atoms with E-state index in [0.29, 0.717) is 5.69 Å². The average Bonchev–Trinajstić information content (AvgIpc) is 2.04. The van der Waals surface area contributed by atoms with Gasteiger partial charge in [-0.15, -0.1) is 0 Å². The molecule has 0 aromatic carbocycles. The van der Waals surface area contributed by atoms with Gasteiger partial charge in [0.05, 0.1) is 0 Å². The Labute approximate surface area is 74.0 Å². The second-order valence-electron chi connectivity index (χ2n) is 2.25. The molecule has 0 N–H and O–H groups in total. The van der Waals surface area contributed by atoms with Crippen molar-refractivity contribution < 1.29 is 0 Å². The summed E-state index contributed by atoms with van der Waals surface area (Å²) in [6.07, 6.45) is 1.71. The lowest BCUT2D eigenvalue weighted by Crippen LogP contribution is -1.89. The van der Waals surface area contributed by atoms with Crippen LogP contribution in [0, 0.1) is 18.3 Å². The van der Waals surface area contributed by atoms with Crippen molar-refractivity contribution in [3.8, 4) is 6.07 Å². The van der Waals surface area contributed by atoms with Crippen LogP contribution in [-0.2, 0) is 5.33 Å². The summed E-state index contributed by atoms with van der Waals surface area (Å²) >= 11 is 3.32. The zero-order valence-corrected chi connectivity index (χ0v) is 7.72. The average molecular weight is 211 g/mol. The van der Waals surface area contributed by atoms with E-state index in [0.717, 1.165) is 16.5 Å². The molecule has 1 aromatic rings. The Morgan fingerprint density at radius 3 is 2.91 bits per heavy atom. The minimum absolute atomic E-state index is 0.509. The molecular weight excluding hydrogens is 204 g/mol. The number of rotatable bonds is 1. The number of halogens is 1. The largest absolute Gasteiger partial charge is 0.245 e. The highest BCUT2D eigenvalue weighted by Gasteiger charge is 1.98. The van der Waals surface area contributed by atoms with Crippen LogP contribution in [0.25, 0.3) is 0 Å². The van der Waals surface area contributed by atoms with Crippen molar-refractivity contribution in [2.24, 2.45) is 0 Å². The van der Waals surface area contributed by atoms with Gasteiger partial charge in [-0.1, -0.05) is 22.0 Å². The van der Waals surface area contributed by atoms with Crippen LogP contribution < -0.4 is 0 Å². The number of aryl methyl sites for hydroxylation is 1. The van der Waals surface area contributed by atoms with Gasteiger partial charge in [0.25, 0.3) is 0 Å². The Morgan fingerprint density at radius 1 is 1.73 bits per heavy atom. The highest BCUT2D eigenvalue weighted by Crippen LogP contribution is 2.09. The number of nitrogens with zero attached hydrogens (tertiary/aromatic N) is 2. The number of alkyl halides is 1. The van der Waals surface area contributed by atoms with Crippen LogP contribution in [0.4, 0.5) is 0 Å². The third-order valence-corrected chi connectivity index (χ3v) is 2.04. The van der Waals surface area contributed by atoms with E-state index in [1.807, 2.05) is 19.1 Å². The van der Waals surface area contributed by atoms with Gasteiger partial charge in [0.2, 0.25) is 0 Å². The van der Waals surface area contributed by atoms with Crippen molar-refractivity contribution in [2.75, 3.05) is 0 Å². The van der Waals surface area contributed by atoms with Gasteiger partial charge in [0.1, 0.15) is 11.8 Å². The molecule has 0 fully saturated rings. The maximum Gasteiger partial charge on any atom is 0.143 e. The molecule has 3 heteroatoms. The molecule has 0 bridgehead atoms. The Morgan fingerprint density at radius 2 is 2.45 bits per heavy atom. The Kier molecular flexibility index (Phi) is 2.61. The molecule has 11 heavy (non-hydrogen) atoms. The van der Waals surface area contributed by atoms with Crippen molar-refractivity contribution >= 4 is 15.9 Å². The fraction of sp³-hybridized carbons (Fsp3) is 0.250. The molecule has 0 aliphatic rings. The number of aromatic nitrogens is 1. The molecule has 0 saturated heterocycles. The quantitative estimate of drug-likeness (QED) is 0.667. The van der Waals surface area contributed by atoms with Gasteiger partial charge < -0.3 is 0 Å². The first-order chi connectivity index (χ1) is 5.27. The smallest absolute Gasteiger partial charge is 0.143 e. The van der Waals surface area contributed by atoms with Crippen LogP contribution in [0.2, 0.25) is 0 Å². The summed E-state index contributed by atoms with van der Waals surface area (Å²) < 4.78 is 0. The van der Waals surface area contributed by atoms with E-state index in [-0.39, 0.29) is 0 Å². The summed E-state index contributed by atoms with van der Waals surface area (Å²) in [5, 5.41) is 9.34. The highest BCUT2D eigenvalue weighted by molar-refractivity contribution is 9.08. The van der Waals surface area contributed by atoms with Crippen molar-refractivity contribution in [1.29, 1.82) is 5.26 Å². The lowest BCUT2D eigenvalue weighted by Gasteiger charge is -1.97. The zero-order chi connectivity index (χ0) is 8.27. The van der Waals surface area contributed by atoms with Crippen molar-refractivity contribution in [3.63, 3.8) is 0 Å². The van der Waals surface area contributed by atoms with E-state index in [1.165, 1.54) is 0 Å². The van der Waals surface area contributed by atoms with Gasteiger partial charge in [-0.3, -0.25) is 0 Å². The molecule has 1 rings (SSSR count). The van der Waals surface area contributed by atoms with Gasteiger partial charge in [0.15, 0.2) is 0 Å². The fourth-order valence-corrected chi connectivity index (χ4v) is 1.13. The summed E-state index contributed by atoms with van der Waals surface area (Å²) in [6.45, 7) is 1.89. The second-order valence-corrected chi connectivity index (χ2v) is 2.82. The lowest BCUT2D eigenvalue weighted by atomic mass is 10.2. The molecule has 1 aromatic heterocycles. The third-order valence-electron chi connectivity index (χ3n) is 1.40. The maximum absolute atomic E-state index is 8.56. The molecule has 0 radical (unpaired) electrons. The zero-order valence-electron chi connectivity index (χ0n) is 6.13. The molecule has 0 atom stereocenters. The van der Waals surface area contributed by atoms with Crippen LogP contribution in [0.3, 0.4) is 0 Å². The van der Waals surface area contributed by atoms with Gasteiger partial charge >= 0.3 is 0 Å². The summed E-state index contributed by atoms with van der Waals surface area (Å²) in [4.78, 5) is 3.98. The van der Waals surface area contributed by atoms with E-state index in [9.17, 15) is 0 Å². The molecule has 0 saturated carbocycles. The van der Waals surface area contributed by atoms with Crippen molar-refractivity contribution in [2.45, 2.75) is 12.3 Å². The maximum atomic E-state index is 8.56. The predicted molar refractivity (Wildman–Crippen MR) is 46.3 cm³/mol. The molecular formula is C8H7BrN2. The molecule has 1 heterocycles. The molecule has 2 nitrogen and oxygen atoms in total. The molecule has 0 aliphatic carbocycles. The van der Waals surface area contributed by atoms with E-state index in [1.54, 1.807) is 6.20 Å². The topological polar surface area (TPSA) is 36.7 Å². The van der Waals surface area contributed by atoms with Gasteiger partial charge in [0, 0.05) is 11.5 Å². The first-order valence-corrected chi connectivity index (χ1v) is 4.31. The molecule has 0 spiro atoms. The summed E-state index contributed by atoms with van der Waals surface area (Å²) in [7, 11) is 0. The first-order valence-electron chi connectivity index (χ1n) is 3.19. The van der Waals surface area contributed by atoms with Crippen LogP contribution in [-0.4, -0.2) is 4.98 Å². The predicted octanol–water partition coefficient (Wildman–Crippen LogP) is 2.16. The minimum Gasteiger partial charge on any atom is -0.245 e. The van der Waals surface area contributed by atoms with Crippen LogP contribution >= 0.6 is 15.9 Å². The lowest BCUT2D eigenvalue weighted by molar-refractivity contribution is 1.17. The van der Waals surface area contributed by atoms with Gasteiger partial charge in [-0.25, -0.2) is 4.98 Å². The Hall–Kier alpha value is -0.880. The normalized spacial score (nSPS) is 9.18. The van der Waals surface area contributed by atoms with Crippen molar-refractivity contribution in [3.05, 3.63) is 29.1 Å². The van der Waals surface area contributed by atoms with E-state index < -0.39 is 0 Å². The summed E-state index contributed by atoms with van der Waals surface area (Å²) in [5.74, 6) is 0. The van der Waals surface area contributed by atoms with Gasteiger partial charge in [-0.2, -0.15) is 5.26 Å². The standard InChI is InChI=1S/C8H7BrN2/c1-6-2-7(3-9)5-11-8(6)4-10/h2,5H,3H2,1H3. The monoisotopic (exact) mass is 210 g/mol. The summed E-state index contributed by atoms with van der Waals surface area (Å²) in [5.41, 5.74) is 2.54. The van der Waals surface area contributed by atoms with Crippen LogP contribution in [0.5, 0.6) is 0 Å². The van der Waals surface area contributed by atoms with Crippen LogP contribution in [0.1, 0.15) is 16.8 Å². The highest BCUT2D eigenvalue weighted by atomic mass is 79.9. The van der Waals surface area contributed by atoms with E-state index in [2.05, 4.69) is 20.9 Å². The third kappa shape index (κ3) is 1.78. The number of hydrogen-bond acceptors (Lipinski definition) is 2. The fourth-order valence-electron chi connectivity index (χ4n) is 0.823. The summed E-state index contributed by atoms with van der Waals surface area (Å²) in [6, 6.07) is 3.98. The minimum atomic E-state index is 0.509. The number of nitriles is 1.